The van der Waals surface area contributed by atoms with Crippen molar-refractivity contribution in [2.75, 3.05) is 23.7 Å². The van der Waals surface area contributed by atoms with Gasteiger partial charge >= 0.3 is 0 Å². The molecule has 32 heavy (non-hydrogen) atoms. The normalized spacial score (nSPS) is 11.3. The van der Waals surface area contributed by atoms with Crippen LogP contribution in [0, 0.1) is 4.77 Å². The molecule has 3 aromatic rings. The Morgan fingerprint density at radius 2 is 1.81 bits per heavy atom. The van der Waals surface area contributed by atoms with Gasteiger partial charge in [-0.25, -0.2) is 0 Å². The Labute approximate surface area is 196 Å². The van der Waals surface area contributed by atoms with Gasteiger partial charge in [0.1, 0.15) is 5.75 Å². The summed E-state index contributed by atoms with van der Waals surface area (Å²) in [6.45, 7) is 12.8. The maximum absolute atomic E-state index is 10.7. The van der Waals surface area contributed by atoms with Crippen LogP contribution in [0.3, 0.4) is 0 Å². The zero-order valence-electron chi connectivity index (χ0n) is 19.8. The number of aromatic amines is 1. The molecule has 0 aliphatic rings. The van der Waals surface area contributed by atoms with Crippen molar-refractivity contribution in [2.24, 2.45) is 0 Å². The van der Waals surface area contributed by atoms with E-state index in [0.717, 1.165) is 43.6 Å². The van der Waals surface area contributed by atoms with Crippen LogP contribution in [0.2, 0.25) is 0 Å². The number of aromatic hydroxyl groups is 1. The number of H-pyrrole nitrogens is 1. The van der Waals surface area contributed by atoms with E-state index >= 15 is 0 Å². The quantitative estimate of drug-likeness (QED) is 0.265. The number of anilines is 2. The fourth-order valence-corrected chi connectivity index (χ4v) is 4.43. The molecule has 1 heterocycles. The van der Waals surface area contributed by atoms with Crippen molar-refractivity contribution in [3.8, 4) is 22.8 Å². The molecule has 0 fully saturated rings. The van der Waals surface area contributed by atoms with Gasteiger partial charge in [-0.15, -0.1) is 0 Å². The van der Waals surface area contributed by atoms with Gasteiger partial charge in [-0.3, -0.25) is 9.67 Å². The summed E-state index contributed by atoms with van der Waals surface area (Å²) >= 11 is 5.61. The maximum atomic E-state index is 10.7. The summed E-state index contributed by atoms with van der Waals surface area (Å²) in [7, 11) is 0. The van der Waals surface area contributed by atoms with Crippen molar-refractivity contribution >= 4 is 23.6 Å². The minimum atomic E-state index is 0.0890. The molecule has 0 saturated heterocycles. The second-order valence-corrected chi connectivity index (χ2v) is 8.88. The highest BCUT2D eigenvalue weighted by atomic mass is 32.1. The maximum Gasteiger partial charge on any atom is 0.200 e. The van der Waals surface area contributed by atoms with Gasteiger partial charge in [-0.1, -0.05) is 40.7 Å². The number of hydrogen-bond donors (Lipinski definition) is 3. The lowest BCUT2D eigenvalue weighted by molar-refractivity contribution is 0.476. The third-order valence-electron chi connectivity index (χ3n) is 5.77. The van der Waals surface area contributed by atoms with Crippen LogP contribution in [-0.2, 0) is 6.42 Å². The van der Waals surface area contributed by atoms with E-state index in [1.54, 1.807) is 6.07 Å². The molecule has 1 aromatic heterocycles. The zero-order valence-corrected chi connectivity index (χ0v) is 20.6. The van der Waals surface area contributed by atoms with Crippen molar-refractivity contribution in [2.45, 2.75) is 59.8 Å². The second-order valence-electron chi connectivity index (χ2n) is 8.49. The van der Waals surface area contributed by atoms with Gasteiger partial charge < -0.3 is 15.7 Å². The lowest BCUT2D eigenvalue weighted by Crippen LogP contribution is -2.26. The van der Waals surface area contributed by atoms with Crippen LogP contribution in [0.4, 0.5) is 11.4 Å². The molecule has 0 radical (unpaired) electrons. The summed E-state index contributed by atoms with van der Waals surface area (Å²) < 4.78 is 2.37. The molecular formula is C25H35N5OS. The first-order valence-electron chi connectivity index (χ1n) is 11.5. The van der Waals surface area contributed by atoms with E-state index in [1.807, 2.05) is 10.6 Å². The van der Waals surface area contributed by atoms with Crippen LogP contribution in [0.25, 0.3) is 17.1 Å². The third-order valence-corrected chi connectivity index (χ3v) is 6.05. The molecule has 0 bridgehead atoms. The summed E-state index contributed by atoms with van der Waals surface area (Å²) in [5.74, 6) is 0.880. The van der Waals surface area contributed by atoms with E-state index < -0.39 is 0 Å². The van der Waals surface area contributed by atoms with Gasteiger partial charge in [0, 0.05) is 30.5 Å². The monoisotopic (exact) mass is 453 g/mol. The molecule has 172 valence electrons. The Kier molecular flexibility index (Phi) is 7.61. The first-order chi connectivity index (χ1) is 15.3. The Hall–Kier alpha value is -2.80. The number of hydrogen-bond acceptors (Lipinski definition) is 5. The number of aromatic nitrogens is 3. The van der Waals surface area contributed by atoms with E-state index in [4.69, 9.17) is 18.0 Å². The van der Waals surface area contributed by atoms with Gasteiger partial charge in [0.05, 0.1) is 11.3 Å². The van der Waals surface area contributed by atoms with Gasteiger partial charge in [-0.05, 0) is 66.7 Å². The molecule has 3 rings (SSSR count). The van der Waals surface area contributed by atoms with E-state index in [0.29, 0.717) is 21.8 Å². The van der Waals surface area contributed by atoms with Gasteiger partial charge in [0.25, 0.3) is 0 Å². The number of phenolic OH excluding ortho intramolecular Hbond substituents is 1. The Balaban J connectivity index is 2.20. The van der Waals surface area contributed by atoms with Gasteiger partial charge in [0.15, 0.2) is 10.6 Å². The van der Waals surface area contributed by atoms with Crippen LogP contribution in [0.15, 0.2) is 30.3 Å². The molecular weight excluding hydrogens is 418 g/mol. The van der Waals surface area contributed by atoms with Crippen molar-refractivity contribution in [1.82, 2.24) is 14.8 Å². The molecule has 0 atom stereocenters. The van der Waals surface area contributed by atoms with Gasteiger partial charge in [-0.2, -0.15) is 5.10 Å². The minimum absolute atomic E-state index is 0.0890. The number of phenols is 1. The van der Waals surface area contributed by atoms with E-state index in [1.165, 1.54) is 11.3 Å². The molecule has 0 spiro atoms. The molecule has 4 N–H and O–H groups in total. The molecule has 0 aliphatic carbocycles. The zero-order chi connectivity index (χ0) is 23.4. The highest BCUT2D eigenvalue weighted by Gasteiger charge is 2.19. The highest BCUT2D eigenvalue weighted by Crippen LogP contribution is 2.36. The fraction of sp³-hybridized carbons (Fsp3) is 0.440. The fourth-order valence-electron chi connectivity index (χ4n) is 4.19. The first kappa shape index (κ1) is 23.9. The standard InChI is InChI=1S/C25H35N5OS/c1-6-11-29(12-7-2)22-13-18(10-9-17(22)8-3)30-24(27-28-25(30)32)20-14-19(16(4)5)21(26)15-23(20)31/h9-10,13-16,31H,6-8,11-12,26H2,1-5H3,(H,28,32). The summed E-state index contributed by atoms with van der Waals surface area (Å²) in [6, 6.07) is 9.95. The second kappa shape index (κ2) is 10.2. The predicted molar refractivity (Wildman–Crippen MR) is 137 cm³/mol. The van der Waals surface area contributed by atoms with Crippen molar-refractivity contribution in [3.05, 3.63) is 46.2 Å². The SMILES string of the molecule is CCCN(CCC)c1cc(-n2c(-c3cc(C(C)C)c(N)cc3O)n[nH]c2=S)ccc1CC. The molecule has 0 unspecified atom stereocenters. The highest BCUT2D eigenvalue weighted by molar-refractivity contribution is 7.71. The van der Waals surface area contributed by atoms with Crippen LogP contribution in [-0.4, -0.2) is 33.0 Å². The summed E-state index contributed by atoms with van der Waals surface area (Å²) in [5, 5.41) is 18.1. The Bertz CT molecular complexity index is 1130. The van der Waals surface area contributed by atoms with Crippen LogP contribution in [0.1, 0.15) is 64.5 Å². The smallest absolute Gasteiger partial charge is 0.200 e. The Morgan fingerprint density at radius 3 is 2.41 bits per heavy atom. The van der Waals surface area contributed by atoms with E-state index in [2.05, 4.69) is 67.9 Å². The van der Waals surface area contributed by atoms with Crippen molar-refractivity contribution in [1.29, 1.82) is 0 Å². The van der Waals surface area contributed by atoms with E-state index in [-0.39, 0.29) is 11.7 Å². The molecule has 6 nitrogen and oxygen atoms in total. The van der Waals surface area contributed by atoms with Crippen molar-refractivity contribution in [3.63, 3.8) is 0 Å². The largest absolute Gasteiger partial charge is 0.507 e. The lowest BCUT2D eigenvalue weighted by Gasteiger charge is -2.27. The molecule has 7 heteroatoms. The number of aryl methyl sites for hydroxylation is 1. The number of nitrogens with one attached hydrogen (secondary N) is 1. The topological polar surface area (TPSA) is 83.1 Å². The molecule has 0 amide bonds. The number of rotatable bonds is 9. The summed E-state index contributed by atoms with van der Waals surface area (Å²) in [5.41, 5.74) is 11.8. The van der Waals surface area contributed by atoms with Crippen molar-refractivity contribution < 1.29 is 5.11 Å². The number of nitrogens with zero attached hydrogens (tertiary/aromatic N) is 3. The summed E-state index contributed by atoms with van der Waals surface area (Å²) in [4.78, 5) is 2.45. The van der Waals surface area contributed by atoms with Crippen LogP contribution < -0.4 is 10.6 Å². The lowest BCUT2D eigenvalue weighted by atomic mass is 9.97. The third kappa shape index (κ3) is 4.67. The van der Waals surface area contributed by atoms with E-state index in [9.17, 15) is 5.11 Å². The molecule has 2 aromatic carbocycles. The number of nitrogen functional groups attached to an aromatic ring is 1. The average Bonchev–Trinajstić information content (AvgIpc) is 3.14. The first-order valence-corrected chi connectivity index (χ1v) is 11.9. The summed E-state index contributed by atoms with van der Waals surface area (Å²) in [6.07, 6.45) is 3.13. The van der Waals surface area contributed by atoms with Crippen LogP contribution >= 0.6 is 12.2 Å². The Morgan fingerprint density at radius 1 is 1.12 bits per heavy atom. The molecule has 0 aliphatic heterocycles. The number of benzene rings is 2. The minimum Gasteiger partial charge on any atom is -0.507 e. The predicted octanol–water partition coefficient (Wildman–Crippen LogP) is 6.20. The molecule has 0 saturated carbocycles. The number of nitrogens with two attached hydrogens (primary N) is 1. The van der Waals surface area contributed by atoms with Gasteiger partial charge in [0.2, 0.25) is 0 Å². The van der Waals surface area contributed by atoms with Crippen LogP contribution in [0.5, 0.6) is 5.75 Å². The average molecular weight is 454 g/mol.